The number of nitrogens with zero attached hydrogens (tertiary/aromatic N) is 1. The maximum atomic E-state index is 16.0. The van der Waals surface area contributed by atoms with Crippen LogP contribution in [0.1, 0.15) is 125 Å². The number of hydrogen-bond donors (Lipinski definition) is 2. The summed E-state index contributed by atoms with van der Waals surface area (Å²) in [5, 5.41) is 2.86. The first kappa shape index (κ1) is 49.1. The molecule has 0 bridgehead atoms. The number of esters is 2. The van der Waals surface area contributed by atoms with Gasteiger partial charge in [-0.3, -0.25) is 42.4 Å². The molecule has 14 nitrogen and oxygen atoms in total. The van der Waals surface area contributed by atoms with Crippen molar-refractivity contribution in [3.8, 4) is 0 Å². The van der Waals surface area contributed by atoms with Crippen LogP contribution in [-0.2, 0) is 57.5 Å². The Balaban J connectivity index is 2.25. The fourth-order valence-electron chi connectivity index (χ4n) is 5.72. The van der Waals surface area contributed by atoms with Gasteiger partial charge in [0.2, 0.25) is 31.3 Å². The first-order valence-electron chi connectivity index (χ1n) is 19.2. The van der Waals surface area contributed by atoms with E-state index in [0.717, 1.165) is 18.6 Å². The van der Waals surface area contributed by atoms with Crippen LogP contribution in [0.2, 0.25) is 0 Å². The van der Waals surface area contributed by atoms with Crippen molar-refractivity contribution in [2.24, 2.45) is 22.5 Å². The van der Waals surface area contributed by atoms with Gasteiger partial charge in [-0.1, -0.05) is 44.0 Å². The predicted molar refractivity (Wildman–Crippen MR) is 208 cm³/mol. The van der Waals surface area contributed by atoms with Crippen molar-refractivity contribution in [1.82, 2.24) is 10.2 Å². The molecule has 57 heavy (non-hydrogen) atoms. The largest absolute Gasteiger partial charge is 0.438 e. The lowest BCUT2D eigenvalue weighted by atomic mass is 9.93. The van der Waals surface area contributed by atoms with Crippen LogP contribution in [0.5, 0.6) is 0 Å². The molecule has 1 aliphatic heterocycles. The second-order valence-corrected chi connectivity index (χ2v) is 18.5. The molecule has 320 valence electrons. The number of halogens is 2. The highest BCUT2D eigenvalue weighted by molar-refractivity contribution is 7.54. The minimum Gasteiger partial charge on any atom is -0.438 e. The Morgan fingerprint density at radius 1 is 0.947 bits per heavy atom. The van der Waals surface area contributed by atoms with Crippen molar-refractivity contribution >= 4 is 48.6 Å². The molecular formula is C40H60F2N3O11P. The number of likely N-dealkylation sites (tertiary alicyclic amines) is 1. The number of primary amides is 1. The number of allylic oxidation sites excluding steroid dienone is 2. The topological polar surface area (TPSA) is 198 Å². The van der Waals surface area contributed by atoms with Gasteiger partial charge in [0.25, 0.3) is 0 Å². The van der Waals surface area contributed by atoms with Gasteiger partial charge in [-0.2, -0.15) is 8.78 Å². The second-order valence-electron chi connectivity index (χ2n) is 16.4. The molecule has 0 aromatic heterocycles. The molecular weight excluding hydrogens is 767 g/mol. The molecule has 3 N–H and O–H groups in total. The molecule has 1 aromatic carbocycles. The van der Waals surface area contributed by atoms with Crippen LogP contribution in [0.4, 0.5) is 8.78 Å². The summed E-state index contributed by atoms with van der Waals surface area (Å²) in [5.41, 5.74) is -1.15. The molecule has 17 heteroatoms. The van der Waals surface area contributed by atoms with E-state index in [-0.39, 0.29) is 36.5 Å². The van der Waals surface area contributed by atoms with Gasteiger partial charge in [0, 0.05) is 36.9 Å². The molecule has 1 heterocycles. The normalized spacial score (nSPS) is 16.4. The molecule has 0 spiro atoms. The van der Waals surface area contributed by atoms with Gasteiger partial charge in [0.05, 0.1) is 10.8 Å². The van der Waals surface area contributed by atoms with Gasteiger partial charge < -0.3 is 25.4 Å². The number of rotatable bonds is 21. The smallest absolute Gasteiger partial charge is 0.410 e. The number of amides is 3. The highest BCUT2D eigenvalue weighted by Gasteiger charge is 2.56. The van der Waals surface area contributed by atoms with E-state index in [0.29, 0.717) is 49.8 Å². The van der Waals surface area contributed by atoms with E-state index in [9.17, 15) is 33.3 Å². The molecule has 0 unspecified atom stereocenters. The zero-order valence-electron chi connectivity index (χ0n) is 34.6. The van der Waals surface area contributed by atoms with Crippen molar-refractivity contribution in [2.45, 2.75) is 131 Å². The number of unbranched alkanes of at least 4 members (excludes halogenated alkanes) is 1. The fourth-order valence-corrected chi connectivity index (χ4v) is 6.97. The second kappa shape index (κ2) is 21.1. The van der Waals surface area contributed by atoms with Crippen LogP contribution in [-0.4, -0.2) is 72.6 Å². The first-order valence-corrected chi connectivity index (χ1v) is 20.7. The highest BCUT2D eigenvalue weighted by Crippen LogP contribution is 2.67. The molecule has 0 saturated carbocycles. The Bertz CT molecular complexity index is 1630. The molecule has 1 aromatic rings. The SMILES string of the molecule is CCCC[C@H](CC(=O)/C=C(\C)c1ccc(C(F)(F)P(=O)(OCOC(=O)C(C)(C)C)OCOC(=O)C(C)(C)C)cc1)C(=O)N1CCC[C@H]1C(=O)N[C@H](C)CCC(N)=O. The fraction of sp³-hybridized carbons (Fsp3) is 0.650. The summed E-state index contributed by atoms with van der Waals surface area (Å²) in [6.45, 7) is 12.5. The van der Waals surface area contributed by atoms with Gasteiger partial charge in [-0.25, -0.2) is 0 Å². The van der Waals surface area contributed by atoms with Crippen molar-refractivity contribution in [3.05, 3.63) is 41.5 Å². The number of carbonyl (C=O) groups excluding carboxylic acids is 6. The average Bonchev–Trinajstić information content (AvgIpc) is 3.61. The number of carbonyl (C=O) groups is 6. The van der Waals surface area contributed by atoms with Gasteiger partial charge in [-0.05, 0) is 98.3 Å². The van der Waals surface area contributed by atoms with Crippen molar-refractivity contribution in [2.75, 3.05) is 20.1 Å². The van der Waals surface area contributed by atoms with E-state index in [1.54, 1.807) is 13.8 Å². The summed E-state index contributed by atoms with van der Waals surface area (Å²) >= 11 is 0. The summed E-state index contributed by atoms with van der Waals surface area (Å²) in [5.74, 6) is -3.80. The third kappa shape index (κ3) is 14.7. The zero-order chi connectivity index (χ0) is 43.4. The van der Waals surface area contributed by atoms with Crippen LogP contribution < -0.4 is 11.1 Å². The number of hydrogen-bond acceptors (Lipinski definition) is 11. The Kier molecular flexibility index (Phi) is 18.2. The maximum Gasteiger partial charge on any atom is 0.410 e. The molecule has 0 aliphatic carbocycles. The number of nitrogens with two attached hydrogens (primary N) is 1. The summed E-state index contributed by atoms with van der Waals surface area (Å²) in [4.78, 5) is 77.4. The van der Waals surface area contributed by atoms with Crippen molar-refractivity contribution in [1.29, 1.82) is 0 Å². The van der Waals surface area contributed by atoms with Crippen LogP contribution in [0.25, 0.3) is 5.57 Å². The molecule has 3 amide bonds. The number of nitrogens with one attached hydrogen (secondary N) is 1. The molecule has 2 rings (SSSR count). The summed E-state index contributed by atoms with van der Waals surface area (Å²) < 4.78 is 65.2. The van der Waals surface area contributed by atoms with E-state index >= 15 is 8.78 Å². The Hall–Kier alpha value is -4.01. The lowest BCUT2D eigenvalue weighted by molar-refractivity contribution is -0.163. The van der Waals surface area contributed by atoms with Crippen LogP contribution in [0.15, 0.2) is 30.3 Å². The molecule has 1 saturated heterocycles. The number of ether oxygens (including phenoxy) is 2. The molecule has 0 radical (unpaired) electrons. The predicted octanol–water partition coefficient (Wildman–Crippen LogP) is 6.99. The van der Waals surface area contributed by atoms with Crippen molar-refractivity contribution in [3.63, 3.8) is 0 Å². The quantitative estimate of drug-likeness (QED) is 0.0561. The van der Waals surface area contributed by atoms with E-state index in [1.807, 2.05) is 6.92 Å². The standard InChI is InChI=1S/C40H60F2N3O11P/c1-10-11-13-29(35(49)45-21-12-14-32(45)34(48)44-27(3)15-20-33(43)47)23-31(46)22-26(2)28-16-18-30(19-17-28)40(41,42)57(52,55-24-53-36(50)38(4,5)6)56-25-54-37(51)39(7,8)9/h16-19,22,27,29,32H,10-15,20-21,23-25H2,1-9H3,(H2,43,47)(H,44,48)/b26-22+/t27-,29-,32+/m1/s1. The van der Waals surface area contributed by atoms with E-state index in [4.69, 9.17) is 24.3 Å². The lowest BCUT2D eigenvalue weighted by Gasteiger charge is -2.29. The third-order valence-corrected chi connectivity index (χ3v) is 11.0. The molecule has 3 atom stereocenters. The third-order valence-electron chi connectivity index (χ3n) is 9.21. The van der Waals surface area contributed by atoms with E-state index in [1.165, 1.54) is 64.7 Å². The minimum absolute atomic E-state index is 0.112. The van der Waals surface area contributed by atoms with E-state index in [2.05, 4.69) is 5.32 Å². The zero-order valence-corrected chi connectivity index (χ0v) is 35.5. The van der Waals surface area contributed by atoms with E-state index < -0.39 is 73.0 Å². The first-order chi connectivity index (χ1) is 26.3. The van der Waals surface area contributed by atoms with Gasteiger partial charge in [0.15, 0.2) is 5.78 Å². The van der Waals surface area contributed by atoms with Crippen LogP contribution in [0.3, 0.4) is 0 Å². The van der Waals surface area contributed by atoms with Gasteiger partial charge >= 0.3 is 25.2 Å². The average molecular weight is 828 g/mol. The monoisotopic (exact) mass is 827 g/mol. The highest BCUT2D eigenvalue weighted by atomic mass is 31.2. The van der Waals surface area contributed by atoms with Crippen LogP contribution >= 0.6 is 7.60 Å². The van der Waals surface area contributed by atoms with Crippen LogP contribution in [0, 0.1) is 16.7 Å². The summed E-state index contributed by atoms with van der Waals surface area (Å²) in [6.07, 6.45) is 4.61. The Morgan fingerprint density at radius 2 is 1.49 bits per heavy atom. The molecule has 1 fully saturated rings. The summed E-state index contributed by atoms with van der Waals surface area (Å²) in [7, 11) is -5.53. The van der Waals surface area contributed by atoms with Gasteiger partial charge in [-0.15, -0.1) is 0 Å². The lowest BCUT2D eigenvalue weighted by Crippen LogP contribution is -2.50. The minimum atomic E-state index is -5.53. The van der Waals surface area contributed by atoms with Gasteiger partial charge in [0.1, 0.15) is 6.04 Å². The molecule has 1 aliphatic rings. The Labute approximate surface area is 334 Å². The number of alkyl halides is 2. The number of benzene rings is 1. The summed E-state index contributed by atoms with van der Waals surface area (Å²) in [6, 6.07) is 3.48. The number of ketones is 1. The maximum absolute atomic E-state index is 16.0. The van der Waals surface area contributed by atoms with Crippen molar-refractivity contribution < 1.29 is 60.6 Å². The Morgan fingerprint density at radius 3 is 1.98 bits per heavy atom.